The topological polar surface area (TPSA) is 89.2 Å². The molecule has 1 unspecified atom stereocenters. The molecule has 0 amide bonds. The van der Waals surface area contributed by atoms with Gasteiger partial charge in [-0.15, -0.1) is 10.2 Å². The van der Waals surface area contributed by atoms with Crippen LogP contribution in [0.5, 0.6) is 0 Å². The van der Waals surface area contributed by atoms with Gasteiger partial charge in [0.05, 0.1) is 11.6 Å². The summed E-state index contributed by atoms with van der Waals surface area (Å²) < 4.78 is 30.4. The molecule has 4 rings (SSSR count). The van der Waals surface area contributed by atoms with Crippen LogP contribution in [0.2, 0.25) is 0 Å². The Labute approximate surface area is 150 Å². The second kappa shape index (κ2) is 6.15. The van der Waals surface area contributed by atoms with Gasteiger partial charge in [-0.05, 0) is 43.7 Å². The van der Waals surface area contributed by atoms with Crippen molar-refractivity contribution in [1.29, 1.82) is 0 Å². The maximum absolute atomic E-state index is 13.0. The van der Waals surface area contributed by atoms with Gasteiger partial charge in [-0.2, -0.15) is 0 Å². The molecule has 4 aromatic rings. The van der Waals surface area contributed by atoms with E-state index >= 15 is 0 Å². The third kappa shape index (κ3) is 2.83. The SMILES string of the molecule is Cc1cnc2c(S(=O)(=O)NC(C)c3nnc4ccccn34)cccc2c1. The summed E-state index contributed by atoms with van der Waals surface area (Å²) in [7, 11) is -3.79. The summed E-state index contributed by atoms with van der Waals surface area (Å²) in [6.45, 7) is 3.66. The van der Waals surface area contributed by atoms with Gasteiger partial charge in [0.15, 0.2) is 11.5 Å². The number of pyridine rings is 2. The number of aromatic nitrogens is 4. The number of rotatable bonds is 4. The van der Waals surface area contributed by atoms with E-state index in [4.69, 9.17) is 0 Å². The Bertz CT molecular complexity index is 1220. The summed E-state index contributed by atoms with van der Waals surface area (Å²) in [5, 5.41) is 8.97. The lowest BCUT2D eigenvalue weighted by molar-refractivity contribution is 0.559. The zero-order valence-electron chi connectivity index (χ0n) is 14.3. The van der Waals surface area contributed by atoms with Crippen LogP contribution in [0.3, 0.4) is 0 Å². The first-order valence-corrected chi connectivity index (χ1v) is 9.61. The van der Waals surface area contributed by atoms with Crippen molar-refractivity contribution in [2.75, 3.05) is 0 Å². The molecule has 1 aromatic carbocycles. The Kier molecular flexibility index (Phi) is 3.93. The van der Waals surface area contributed by atoms with Crippen LogP contribution in [0, 0.1) is 6.92 Å². The Morgan fingerprint density at radius 3 is 2.81 bits per heavy atom. The largest absolute Gasteiger partial charge is 0.285 e. The molecule has 3 heterocycles. The summed E-state index contributed by atoms with van der Waals surface area (Å²) in [5.41, 5.74) is 2.09. The van der Waals surface area contributed by atoms with Crippen molar-refractivity contribution in [3.63, 3.8) is 0 Å². The summed E-state index contributed by atoms with van der Waals surface area (Å²) in [6, 6.07) is 12.0. The number of fused-ring (bicyclic) bond motifs is 2. The minimum Gasteiger partial charge on any atom is -0.285 e. The average molecular weight is 367 g/mol. The maximum Gasteiger partial charge on any atom is 0.243 e. The van der Waals surface area contributed by atoms with Crippen molar-refractivity contribution >= 4 is 26.6 Å². The number of nitrogens with one attached hydrogen (secondary N) is 1. The van der Waals surface area contributed by atoms with Crippen LogP contribution in [-0.2, 0) is 10.0 Å². The maximum atomic E-state index is 13.0. The molecule has 0 aliphatic carbocycles. The van der Waals surface area contributed by atoms with Crippen LogP contribution < -0.4 is 4.72 Å². The average Bonchev–Trinajstić information content (AvgIpc) is 3.05. The molecule has 8 heteroatoms. The summed E-state index contributed by atoms with van der Waals surface area (Å²) in [6.07, 6.45) is 3.47. The molecule has 1 atom stereocenters. The highest BCUT2D eigenvalue weighted by Crippen LogP contribution is 2.23. The summed E-state index contributed by atoms with van der Waals surface area (Å²) >= 11 is 0. The normalized spacial score (nSPS) is 13.3. The third-order valence-corrected chi connectivity index (χ3v) is 5.73. The van der Waals surface area contributed by atoms with E-state index in [1.54, 1.807) is 35.9 Å². The molecular weight excluding hydrogens is 350 g/mol. The van der Waals surface area contributed by atoms with E-state index in [-0.39, 0.29) is 4.90 Å². The lowest BCUT2D eigenvalue weighted by Gasteiger charge is -2.14. The first kappa shape index (κ1) is 16.6. The van der Waals surface area contributed by atoms with Gasteiger partial charge in [-0.3, -0.25) is 9.38 Å². The highest BCUT2D eigenvalue weighted by molar-refractivity contribution is 7.89. The van der Waals surface area contributed by atoms with Gasteiger partial charge in [0.1, 0.15) is 4.90 Å². The molecular formula is C18H17N5O2S. The van der Waals surface area contributed by atoms with Crippen LogP contribution >= 0.6 is 0 Å². The lowest BCUT2D eigenvalue weighted by atomic mass is 10.2. The molecule has 0 saturated heterocycles. The van der Waals surface area contributed by atoms with Gasteiger partial charge in [0.2, 0.25) is 10.0 Å². The first-order valence-electron chi connectivity index (χ1n) is 8.13. The zero-order valence-corrected chi connectivity index (χ0v) is 15.1. The molecule has 1 N–H and O–H groups in total. The van der Waals surface area contributed by atoms with Crippen LogP contribution in [0.15, 0.2) is 59.8 Å². The van der Waals surface area contributed by atoms with E-state index in [2.05, 4.69) is 19.9 Å². The molecule has 7 nitrogen and oxygen atoms in total. The zero-order chi connectivity index (χ0) is 18.3. The molecule has 0 fully saturated rings. The molecule has 3 aromatic heterocycles. The van der Waals surface area contributed by atoms with Crippen LogP contribution in [-0.4, -0.2) is 28.0 Å². The van der Waals surface area contributed by atoms with Gasteiger partial charge in [0.25, 0.3) is 0 Å². The predicted octanol–water partition coefficient (Wildman–Crippen LogP) is 2.63. The minimum absolute atomic E-state index is 0.149. The van der Waals surface area contributed by atoms with Crippen molar-refractivity contribution in [2.24, 2.45) is 0 Å². The van der Waals surface area contributed by atoms with Crippen LogP contribution in [0.4, 0.5) is 0 Å². The number of para-hydroxylation sites is 1. The first-order chi connectivity index (χ1) is 12.5. The molecule has 0 radical (unpaired) electrons. The van der Waals surface area contributed by atoms with Crippen molar-refractivity contribution in [3.05, 3.63) is 66.2 Å². The van der Waals surface area contributed by atoms with E-state index in [0.717, 1.165) is 10.9 Å². The molecule has 132 valence electrons. The van der Waals surface area contributed by atoms with E-state index in [1.807, 2.05) is 37.3 Å². The summed E-state index contributed by atoms with van der Waals surface area (Å²) in [4.78, 5) is 4.46. The van der Waals surface area contributed by atoms with Crippen molar-refractivity contribution in [1.82, 2.24) is 24.3 Å². The van der Waals surface area contributed by atoms with E-state index in [9.17, 15) is 8.42 Å². The highest BCUT2D eigenvalue weighted by atomic mass is 32.2. The predicted molar refractivity (Wildman–Crippen MR) is 98.2 cm³/mol. The Morgan fingerprint density at radius 2 is 1.96 bits per heavy atom. The monoisotopic (exact) mass is 367 g/mol. The van der Waals surface area contributed by atoms with E-state index in [1.165, 1.54) is 0 Å². The molecule has 0 aliphatic rings. The van der Waals surface area contributed by atoms with Gasteiger partial charge in [-0.1, -0.05) is 18.2 Å². The van der Waals surface area contributed by atoms with Crippen LogP contribution in [0.1, 0.15) is 24.4 Å². The Balaban J connectivity index is 1.74. The second-order valence-electron chi connectivity index (χ2n) is 6.17. The van der Waals surface area contributed by atoms with Crippen molar-refractivity contribution in [3.8, 4) is 0 Å². The third-order valence-electron chi connectivity index (χ3n) is 4.16. The van der Waals surface area contributed by atoms with E-state index < -0.39 is 16.1 Å². The number of sulfonamides is 1. The number of hydrogen-bond donors (Lipinski definition) is 1. The number of aryl methyl sites for hydroxylation is 1. The lowest BCUT2D eigenvalue weighted by Crippen LogP contribution is -2.28. The molecule has 0 bridgehead atoms. The van der Waals surface area contributed by atoms with Gasteiger partial charge < -0.3 is 0 Å². The standard InChI is InChI=1S/C18H17N5O2S/c1-12-10-14-6-5-7-15(17(14)19-11-12)26(24,25)22-13(2)18-21-20-16-8-3-4-9-23(16)18/h3-11,13,22H,1-2H3. The molecule has 26 heavy (non-hydrogen) atoms. The van der Waals surface area contributed by atoms with Crippen LogP contribution in [0.25, 0.3) is 16.6 Å². The summed E-state index contributed by atoms with van der Waals surface area (Å²) in [5.74, 6) is 0.521. The van der Waals surface area contributed by atoms with Crippen molar-refractivity contribution in [2.45, 2.75) is 24.8 Å². The molecule has 0 spiro atoms. The van der Waals surface area contributed by atoms with Gasteiger partial charge in [-0.25, -0.2) is 13.1 Å². The Morgan fingerprint density at radius 1 is 1.12 bits per heavy atom. The van der Waals surface area contributed by atoms with Gasteiger partial charge in [0, 0.05) is 17.8 Å². The fourth-order valence-corrected chi connectivity index (χ4v) is 4.34. The smallest absolute Gasteiger partial charge is 0.243 e. The number of hydrogen-bond acceptors (Lipinski definition) is 5. The van der Waals surface area contributed by atoms with E-state index in [0.29, 0.717) is 17.0 Å². The minimum atomic E-state index is -3.79. The quantitative estimate of drug-likeness (QED) is 0.599. The molecule has 0 saturated carbocycles. The fraction of sp³-hybridized carbons (Fsp3) is 0.167. The van der Waals surface area contributed by atoms with Crippen molar-refractivity contribution < 1.29 is 8.42 Å². The highest BCUT2D eigenvalue weighted by Gasteiger charge is 2.24. The molecule has 0 aliphatic heterocycles. The second-order valence-corrected chi connectivity index (χ2v) is 7.85. The van der Waals surface area contributed by atoms with Gasteiger partial charge >= 0.3 is 0 Å². The Hall–Kier alpha value is -2.84. The number of nitrogens with zero attached hydrogens (tertiary/aromatic N) is 4. The number of benzene rings is 1. The fourth-order valence-electron chi connectivity index (χ4n) is 2.96.